The van der Waals surface area contributed by atoms with Gasteiger partial charge >= 0.3 is 0 Å². The molecule has 1 saturated heterocycles. The van der Waals surface area contributed by atoms with E-state index in [0.29, 0.717) is 6.61 Å². The number of allylic oxidation sites excluding steroid dienone is 10. The number of ether oxygens (including phenoxy) is 1. The highest BCUT2D eigenvalue weighted by Gasteiger charge is 2.23. The van der Waals surface area contributed by atoms with Gasteiger partial charge in [-0.05, 0) is 54.7 Å². The van der Waals surface area contributed by atoms with Crippen molar-refractivity contribution in [1.82, 2.24) is 20.2 Å². The summed E-state index contributed by atoms with van der Waals surface area (Å²) in [4.78, 5) is 15.0. The van der Waals surface area contributed by atoms with Gasteiger partial charge in [0.15, 0.2) is 5.82 Å². The molecule has 6 heteroatoms. The van der Waals surface area contributed by atoms with Crippen LogP contribution in [0.5, 0.6) is 0 Å². The van der Waals surface area contributed by atoms with E-state index in [9.17, 15) is 0 Å². The molecule has 5 rings (SSSR count). The molecule has 0 bridgehead atoms. The lowest BCUT2D eigenvalue weighted by atomic mass is 10.00. The monoisotopic (exact) mass is 507 g/mol. The normalized spacial score (nSPS) is 20.1. The van der Waals surface area contributed by atoms with Crippen molar-refractivity contribution in [2.24, 2.45) is 0 Å². The fourth-order valence-corrected chi connectivity index (χ4v) is 4.97. The molecule has 4 heterocycles. The minimum Gasteiger partial charge on any atom is -0.381 e. The summed E-state index contributed by atoms with van der Waals surface area (Å²) >= 11 is 0. The second-order valence-corrected chi connectivity index (χ2v) is 10.0. The van der Waals surface area contributed by atoms with Gasteiger partial charge in [-0.15, -0.1) is 5.73 Å². The quantitative estimate of drug-likeness (QED) is 0.542. The van der Waals surface area contributed by atoms with Crippen molar-refractivity contribution in [3.8, 4) is 0 Å². The molecule has 1 aromatic heterocycles. The Morgan fingerprint density at radius 2 is 1.95 bits per heavy atom. The highest BCUT2D eigenvalue weighted by molar-refractivity contribution is 5.86. The Bertz CT molecular complexity index is 1310. The van der Waals surface area contributed by atoms with Crippen molar-refractivity contribution >= 4 is 23.0 Å². The summed E-state index contributed by atoms with van der Waals surface area (Å²) in [7, 11) is 0. The fraction of sp³-hybridized carbons (Fsp3) is 0.344. The van der Waals surface area contributed by atoms with Crippen LogP contribution < -0.4 is 10.2 Å². The van der Waals surface area contributed by atoms with Crippen molar-refractivity contribution in [2.45, 2.75) is 19.8 Å². The maximum atomic E-state index is 5.71. The number of hydrogen-bond acceptors (Lipinski definition) is 6. The molecule has 4 aliphatic rings. The molecule has 1 aliphatic carbocycles. The molecule has 38 heavy (non-hydrogen) atoms. The van der Waals surface area contributed by atoms with Crippen LogP contribution >= 0.6 is 0 Å². The minimum atomic E-state index is 0.687. The molecule has 0 saturated carbocycles. The van der Waals surface area contributed by atoms with Gasteiger partial charge in [0.1, 0.15) is 5.82 Å². The summed E-state index contributed by atoms with van der Waals surface area (Å²) in [6.45, 7) is 17.9. The number of nitrogens with zero attached hydrogens (tertiary/aromatic N) is 4. The lowest BCUT2D eigenvalue weighted by Gasteiger charge is -2.31. The lowest BCUT2D eigenvalue weighted by Crippen LogP contribution is -2.46. The first-order valence-electron chi connectivity index (χ1n) is 13.5. The van der Waals surface area contributed by atoms with E-state index in [1.807, 2.05) is 25.3 Å². The molecule has 0 radical (unpaired) electrons. The highest BCUT2D eigenvalue weighted by atomic mass is 16.5. The second kappa shape index (κ2) is 12.3. The van der Waals surface area contributed by atoms with Crippen molar-refractivity contribution in [3.05, 3.63) is 101 Å². The number of anilines is 1. The number of fused-ring (bicyclic) bond motifs is 1. The zero-order chi connectivity index (χ0) is 26.3. The number of hydrogen-bond donors (Lipinski definition) is 1. The zero-order valence-electron chi connectivity index (χ0n) is 22.4. The van der Waals surface area contributed by atoms with Gasteiger partial charge in [-0.1, -0.05) is 49.1 Å². The average Bonchev–Trinajstić information content (AvgIpc) is 3.17. The molecule has 0 spiro atoms. The van der Waals surface area contributed by atoms with E-state index in [4.69, 9.17) is 14.7 Å². The fourth-order valence-electron chi connectivity index (χ4n) is 4.97. The summed E-state index contributed by atoms with van der Waals surface area (Å²) in [6, 6.07) is 0. The Labute approximate surface area is 226 Å². The smallest absolute Gasteiger partial charge is 0.157 e. The van der Waals surface area contributed by atoms with Crippen LogP contribution in [-0.4, -0.2) is 67.4 Å². The van der Waals surface area contributed by atoms with Crippen molar-refractivity contribution in [3.63, 3.8) is 0 Å². The van der Waals surface area contributed by atoms with Crippen LogP contribution in [0.4, 0.5) is 5.82 Å². The number of aromatic nitrogens is 2. The van der Waals surface area contributed by atoms with Gasteiger partial charge < -0.3 is 15.0 Å². The largest absolute Gasteiger partial charge is 0.381 e. The first kappa shape index (κ1) is 26.1. The average molecular weight is 508 g/mol. The van der Waals surface area contributed by atoms with Gasteiger partial charge in [-0.25, -0.2) is 9.97 Å². The standard InChI is InChI=1S/C32H37N5O/c1-24(2)27-8-4-5-9-28(23-25(3)22-27)30-29-11-6-15-37(19-18-36-16-13-33-14-17-36)32(29)35-31(34-30)26-10-7-20-38-21-12-26/h4-5,8-11,15,22-23,33H,1,3,7,12-14,16-21H2,2H3. The molecule has 1 N–H and O–H groups in total. The maximum Gasteiger partial charge on any atom is 0.157 e. The Kier molecular flexibility index (Phi) is 8.47. The van der Waals surface area contributed by atoms with Gasteiger partial charge in [0, 0.05) is 51.0 Å². The van der Waals surface area contributed by atoms with Gasteiger partial charge in [0.25, 0.3) is 0 Å². The van der Waals surface area contributed by atoms with E-state index < -0.39 is 0 Å². The molecule has 196 valence electrons. The molecule has 1 aromatic rings. The molecule has 3 aliphatic heterocycles. The first-order chi connectivity index (χ1) is 18.6. The van der Waals surface area contributed by atoms with Crippen molar-refractivity contribution in [2.75, 3.05) is 57.4 Å². The van der Waals surface area contributed by atoms with Crippen molar-refractivity contribution < 1.29 is 4.74 Å². The Morgan fingerprint density at radius 1 is 1.11 bits per heavy atom. The van der Waals surface area contributed by atoms with Gasteiger partial charge in [-0.3, -0.25) is 4.90 Å². The second-order valence-electron chi connectivity index (χ2n) is 10.0. The van der Waals surface area contributed by atoms with Crippen LogP contribution in [0, 0.1) is 0 Å². The molecule has 0 amide bonds. The van der Waals surface area contributed by atoms with Crippen LogP contribution in [0.2, 0.25) is 0 Å². The van der Waals surface area contributed by atoms with Crippen LogP contribution in [0.3, 0.4) is 0 Å². The third-order valence-electron chi connectivity index (χ3n) is 7.09. The third kappa shape index (κ3) is 6.29. The molecule has 0 unspecified atom stereocenters. The molecule has 1 fully saturated rings. The van der Waals surface area contributed by atoms with Gasteiger partial charge in [0.2, 0.25) is 0 Å². The molecule has 0 aromatic carbocycles. The topological polar surface area (TPSA) is 53.5 Å². The van der Waals surface area contributed by atoms with E-state index >= 15 is 0 Å². The maximum absolute atomic E-state index is 5.71. The Morgan fingerprint density at radius 3 is 2.79 bits per heavy atom. The summed E-state index contributed by atoms with van der Waals surface area (Å²) in [6.07, 6.45) is 20.4. The van der Waals surface area contributed by atoms with Gasteiger partial charge in [0.05, 0.1) is 24.5 Å². The molecular formula is C32H37N5O. The SMILES string of the molecule is C=C1C=C(C(=C)C)C=CC=CC(c2nc(C3=CCCOCC3)nc3c2C=C=CN3CCN2CCNCC2)=C1. The van der Waals surface area contributed by atoms with E-state index in [0.717, 1.165) is 109 Å². The van der Waals surface area contributed by atoms with E-state index in [1.165, 1.54) is 0 Å². The molecule has 6 nitrogen and oxygen atoms in total. The van der Waals surface area contributed by atoms with E-state index in [1.54, 1.807) is 0 Å². The lowest BCUT2D eigenvalue weighted by molar-refractivity contribution is 0.148. The number of piperazine rings is 1. The predicted molar refractivity (Wildman–Crippen MR) is 158 cm³/mol. The number of rotatable bonds is 6. The van der Waals surface area contributed by atoms with Crippen LogP contribution in [-0.2, 0) is 4.74 Å². The zero-order valence-corrected chi connectivity index (χ0v) is 22.4. The Balaban J connectivity index is 1.57. The summed E-state index contributed by atoms with van der Waals surface area (Å²) in [5, 5.41) is 3.44. The predicted octanol–water partition coefficient (Wildman–Crippen LogP) is 5.09. The van der Waals surface area contributed by atoms with Crippen LogP contribution in [0.25, 0.3) is 17.2 Å². The summed E-state index contributed by atoms with van der Waals surface area (Å²) in [5.74, 6) is 1.70. The van der Waals surface area contributed by atoms with E-state index in [-0.39, 0.29) is 0 Å². The first-order valence-corrected chi connectivity index (χ1v) is 13.5. The Hall–Kier alpha value is -3.54. The molecular weight excluding hydrogens is 470 g/mol. The molecule has 0 atom stereocenters. The van der Waals surface area contributed by atoms with Crippen LogP contribution in [0.15, 0.2) is 84.3 Å². The third-order valence-corrected chi connectivity index (χ3v) is 7.09. The highest BCUT2D eigenvalue weighted by Crippen LogP contribution is 2.33. The van der Waals surface area contributed by atoms with Crippen LogP contribution in [0.1, 0.15) is 36.8 Å². The minimum absolute atomic E-state index is 0.687. The van der Waals surface area contributed by atoms with Crippen molar-refractivity contribution in [1.29, 1.82) is 0 Å². The van der Waals surface area contributed by atoms with Gasteiger partial charge in [-0.2, -0.15) is 0 Å². The van der Waals surface area contributed by atoms with E-state index in [2.05, 4.69) is 70.5 Å². The summed E-state index contributed by atoms with van der Waals surface area (Å²) < 4.78 is 5.71. The number of nitrogens with one attached hydrogen (secondary N) is 1. The summed E-state index contributed by atoms with van der Waals surface area (Å²) in [5.41, 5.74) is 10.3.